The van der Waals surface area contributed by atoms with Crippen LogP contribution >= 0.6 is 42.4 Å². The van der Waals surface area contributed by atoms with Crippen molar-refractivity contribution in [2.75, 3.05) is 0 Å². The Morgan fingerprint density at radius 3 is 0.833 bits per heavy atom. The fourth-order valence-electron chi connectivity index (χ4n) is 5.53. The fourth-order valence-corrected chi connectivity index (χ4v) is 16.5. The van der Waals surface area contributed by atoms with Gasteiger partial charge in [0.25, 0.3) is 0 Å². The third-order valence-electron chi connectivity index (χ3n) is 7.33. The van der Waals surface area contributed by atoms with Gasteiger partial charge in [0.15, 0.2) is 0 Å². The van der Waals surface area contributed by atoms with Crippen molar-refractivity contribution >= 4 is 79.7 Å². The number of halogens is 2. The monoisotopic (exact) mass is 758 g/mol. The van der Waals surface area contributed by atoms with E-state index in [0.717, 1.165) is 0 Å². The second kappa shape index (κ2) is 15.3. The molecule has 0 saturated heterocycles. The molecule has 213 valence electrons. The average molecular weight is 761 g/mol. The van der Waals surface area contributed by atoms with Crippen LogP contribution in [0.4, 0.5) is 0 Å². The van der Waals surface area contributed by atoms with Gasteiger partial charge in [0.05, 0.1) is 5.54 Å². The van der Waals surface area contributed by atoms with Gasteiger partial charge in [-0.05, 0) is 52.3 Å². The van der Waals surface area contributed by atoms with Crippen LogP contribution in [0.25, 0.3) is 0 Å². The molecule has 42 heavy (non-hydrogen) atoms. The van der Waals surface area contributed by atoms with E-state index in [0.29, 0.717) is 0 Å². The summed E-state index contributed by atoms with van der Waals surface area (Å²) >= 11 is 7.38. The molecule has 0 aliphatic heterocycles. The summed E-state index contributed by atoms with van der Waals surface area (Å²) in [6.45, 7) is -2.25. The summed E-state index contributed by atoms with van der Waals surface area (Å²) in [5.74, 6) is 0. The summed E-state index contributed by atoms with van der Waals surface area (Å²) in [5.41, 5.74) is 2.82. The minimum absolute atomic E-state index is 1.37. The molecule has 0 unspecified atom stereocenters. The van der Waals surface area contributed by atoms with Crippen molar-refractivity contribution in [3.05, 3.63) is 182 Å². The molecule has 6 aromatic carbocycles. The first kappa shape index (κ1) is 31.0. The molecular formula is C37H31Br2CuP2+. The van der Waals surface area contributed by atoms with Crippen LogP contribution in [0.5, 0.6) is 0 Å². The Morgan fingerprint density at radius 2 is 0.595 bits per heavy atom. The quantitative estimate of drug-likeness (QED) is 0.113. The number of benzene rings is 6. The third-order valence-corrected chi connectivity index (χ3v) is 16.8. The van der Waals surface area contributed by atoms with Gasteiger partial charge in [-0.1, -0.05) is 146 Å². The van der Waals surface area contributed by atoms with Crippen molar-refractivity contribution < 1.29 is 11.3 Å². The predicted molar refractivity (Wildman–Crippen MR) is 194 cm³/mol. The van der Waals surface area contributed by atoms with Crippen LogP contribution in [0.1, 0.15) is 0 Å². The van der Waals surface area contributed by atoms with Crippen LogP contribution in [0.15, 0.2) is 182 Å². The van der Waals surface area contributed by atoms with Crippen LogP contribution in [-0.4, -0.2) is 5.54 Å². The van der Waals surface area contributed by atoms with Gasteiger partial charge in [-0.15, -0.1) is 0 Å². The van der Waals surface area contributed by atoms with Gasteiger partial charge in [-0.2, -0.15) is 0 Å². The van der Waals surface area contributed by atoms with Crippen LogP contribution in [0, 0.1) is 0 Å². The Balaban J connectivity index is 0.00000113. The van der Waals surface area contributed by atoms with Gasteiger partial charge in [-0.25, -0.2) is 0 Å². The van der Waals surface area contributed by atoms with E-state index in [9.17, 15) is 0 Å². The van der Waals surface area contributed by atoms with Gasteiger partial charge in [0, 0.05) is 6.89 Å². The fraction of sp³-hybridized carbons (Fsp3) is 0. The van der Waals surface area contributed by atoms with E-state index in [4.69, 9.17) is 0 Å². The Morgan fingerprint density at radius 1 is 0.381 bits per heavy atom. The summed E-state index contributed by atoms with van der Waals surface area (Å²) in [4.78, 5) is 0. The van der Waals surface area contributed by atoms with Crippen LogP contribution in [-0.2, 0) is 11.3 Å². The van der Waals surface area contributed by atoms with E-state index in [2.05, 4.69) is 216 Å². The molecule has 0 aliphatic carbocycles. The molecule has 5 heteroatoms. The number of hydrogen-bond donors (Lipinski definition) is 0. The first-order valence-corrected chi connectivity index (χ1v) is 21.9. The minimum atomic E-state index is -2.25. The molecule has 0 aromatic heterocycles. The van der Waals surface area contributed by atoms with Gasteiger partial charge >= 0.3 is 39.6 Å². The van der Waals surface area contributed by atoms with E-state index in [1.807, 2.05) is 0 Å². The van der Waals surface area contributed by atoms with E-state index in [1.54, 1.807) is 0 Å². The third kappa shape index (κ3) is 6.54. The van der Waals surface area contributed by atoms with Gasteiger partial charge < -0.3 is 0 Å². The predicted octanol–water partition coefficient (Wildman–Crippen LogP) is 8.42. The molecule has 0 saturated carbocycles. The van der Waals surface area contributed by atoms with Crippen molar-refractivity contribution in [1.82, 2.24) is 0 Å². The molecule has 0 bridgehead atoms. The Hall–Kier alpha value is -2.47. The van der Waals surface area contributed by atoms with Crippen molar-refractivity contribution in [2.45, 2.75) is 0 Å². The Kier molecular flexibility index (Phi) is 11.3. The maximum atomic E-state index is 2.97. The summed E-state index contributed by atoms with van der Waals surface area (Å²) < 4.78 is 0. The van der Waals surface area contributed by atoms with Crippen molar-refractivity contribution in [1.29, 1.82) is 0 Å². The maximum absolute atomic E-state index is 2.97. The molecule has 0 aliphatic rings. The topological polar surface area (TPSA) is 0 Å². The molecule has 0 radical (unpaired) electrons. The Bertz CT molecular complexity index is 1500. The molecule has 0 spiro atoms. The zero-order valence-electron chi connectivity index (χ0n) is 22.8. The number of rotatable bonds is 7. The van der Waals surface area contributed by atoms with E-state index in [-0.39, 0.29) is 0 Å². The Labute approximate surface area is 271 Å². The molecule has 0 fully saturated rings. The summed E-state index contributed by atoms with van der Waals surface area (Å²) in [5, 5.41) is 8.22. The first-order valence-electron chi connectivity index (χ1n) is 13.6. The standard InChI is InChI=1S/C37H31P2.2BrH.Cu/c1-7-19-32(20-8-1)38(33-21-9-2-10-22-33,34-23-11-3-12-24-34)31-39(35-25-13-4-14-26-35,36-27-15-5-16-28-36)37-29-17-6-18-30-37;;;/h1-31H;2*1H;/q+1;;;+2/p-2. The van der Waals surface area contributed by atoms with Gasteiger partial charge in [0.1, 0.15) is 23.2 Å². The van der Waals surface area contributed by atoms with E-state index in [1.165, 1.54) is 43.2 Å². The normalized spacial score (nSPS) is 11.3. The van der Waals surface area contributed by atoms with Gasteiger partial charge in [0.2, 0.25) is 0 Å². The second-order valence-corrected chi connectivity index (χ2v) is 21.3. The molecule has 0 amide bonds. The molecular weight excluding hydrogens is 730 g/mol. The summed E-state index contributed by atoms with van der Waals surface area (Å²) in [6, 6.07) is 67.1. The molecule has 0 N–H and O–H groups in total. The van der Waals surface area contributed by atoms with Crippen molar-refractivity contribution in [3.8, 4) is 0 Å². The van der Waals surface area contributed by atoms with Crippen molar-refractivity contribution in [3.63, 3.8) is 0 Å². The van der Waals surface area contributed by atoms with E-state index < -0.39 is 14.1 Å². The first-order chi connectivity index (χ1) is 20.8. The van der Waals surface area contributed by atoms with Crippen LogP contribution in [0.2, 0.25) is 0 Å². The molecule has 6 rings (SSSR count). The molecule has 0 atom stereocenters. The van der Waals surface area contributed by atoms with E-state index >= 15 is 0 Å². The molecule has 0 heterocycles. The SMILES string of the molecule is C(=P(c1ccccc1)(c1ccccc1)c1ccccc1)[P+](c1ccccc1)(c1ccccc1)c1ccccc1.[Br][Cu][Br]. The van der Waals surface area contributed by atoms with Crippen LogP contribution in [0.3, 0.4) is 0 Å². The second-order valence-electron chi connectivity index (χ2n) is 9.62. The zero-order valence-corrected chi connectivity index (χ0v) is 28.8. The average Bonchev–Trinajstić information content (AvgIpc) is 3.08. The van der Waals surface area contributed by atoms with Crippen LogP contribution < -0.4 is 31.8 Å². The summed E-state index contributed by atoms with van der Waals surface area (Å²) in [7, 11) is -2.25. The number of hydrogen-bond acceptors (Lipinski definition) is 0. The zero-order chi connectivity index (χ0) is 29.1. The molecule has 6 aromatic rings. The molecule has 0 nitrogen and oxygen atoms in total. The van der Waals surface area contributed by atoms with Crippen molar-refractivity contribution in [2.24, 2.45) is 0 Å². The summed E-state index contributed by atoms with van der Waals surface area (Å²) in [6.07, 6.45) is 0. The van der Waals surface area contributed by atoms with Gasteiger partial charge in [-0.3, -0.25) is 0 Å².